The summed E-state index contributed by atoms with van der Waals surface area (Å²) < 4.78 is 35.3. The van der Waals surface area contributed by atoms with Gasteiger partial charge in [-0.2, -0.15) is 0 Å². The van der Waals surface area contributed by atoms with Gasteiger partial charge in [0.25, 0.3) is 5.91 Å². The van der Waals surface area contributed by atoms with Gasteiger partial charge in [-0.1, -0.05) is 18.2 Å². The van der Waals surface area contributed by atoms with Gasteiger partial charge in [-0.3, -0.25) is 9.10 Å². The molecule has 8 heteroatoms. The normalized spacial score (nSPS) is 11.0. The molecular formula is C21H28N2O5S. The van der Waals surface area contributed by atoms with E-state index in [1.54, 1.807) is 24.3 Å². The second-order valence-corrected chi connectivity index (χ2v) is 8.52. The Balaban J connectivity index is 1.72. The lowest BCUT2D eigenvalue weighted by molar-refractivity contribution is -0.123. The van der Waals surface area contributed by atoms with E-state index >= 15 is 0 Å². The van der Waals surface area contributed by atoms with Crippen molar-refractivity contribution < 1.29 is 22.7 Å². The van der Waals surface area contributed by atoms with E-state index in [1.165, 1.54) is 11.4 Å². The van der Waals surface area contributed by atoms with Crippen LogP contribution in [-0.2, 0) is 21.2 Å². The zero-order valence-corrected chi connectivity index (χ0v) is 17.9. The van der Waals surface area contributed by atoms with Gasteiger partial charge in [0.1, 0.15) is 11.5 Å². The summed E-state index contributed by atoms with van der Waals surface area (Å²) in [5.74, 6) is 1.17. The van der Waals surface area contributed by atoms with E-state index in [1.807, 2.05) is 31.2 Å². The molecule has 0 heterocycles. The van der Waals surface area contributed by atoms with Crippen molar-refractivity contribution in [3.63, 3.8) is 0 Å². The Labute approximate surface area is 172 Å². The molecule has 1 amide bonds. The maximum absolute atomic E-state index is 12.0. The predicted molar refractivity (Wildman–Crippen MR) is 114 cm³/mol. The van der Waals surface area contributed by atoms with Gasteiger partial charge in [-0.05, 0) is 55.7 Å². The molecule has 29 heavy (non-hydrogen) atoms. The molecule has 2 rings (SSSR count). The van der Waals surface area contributed by atoms with E-state index < -0.39 is 10.0 Å². The highest BCUT2D eigenvalue weighted by atomic mass is 32.2. The van der Waals surface area contributed by atoms with Gasteiger partial charge in [0.2, 0.25) is 10.0 Å². The molecule has 0 unspecified atom stereocenters. The monoisotopic (exact) mass is 420 g/mol. The SMILES string of the molecule is CCOc1ccccc1CCCNC(=O)COc1ccc(N(C)S(C)(=O)=O)cc1. The van der Waals surface area contributed by atoms with E-state index in [2.05, 4.69) is 5.32 Å². The zero-order chi connectivity index (χ0) is 21.3. The van der Waals surface area contributed by atoms with E-state index in [9.17, 15) is 13.2 Å². The number of aryl methyl sites for hydroxylation is 1. The van der Waals surface area contributed by atoms with Crippen LogP contribution in [0.4, 0.5) is 5.69 Å². The molecule has 0 bridgehead atoms. The molecule has 158 valence electrons. The molecule has 2 aromatic rings. The van der Waals surface area contributed by atoms with Crippen LogP contribution in [0.1, 0.15) is 18.9 Å². The van der Waals surface area contributed by atoms with Crippen molar-refractivity contribution in [2.75, 3.05) is 37.4 Å². The van der Waals surface area contributed by atoms with Gasteiger partial charge in [0.05, 0.1) is 18.6 Å². The van der Waals surface area contributed by atoms with Gasteiger partial charge in [-0.15, -0.1) is 0 Å². The molecule has 0 saturated heterocycles. The number of carbonyl (C=O) groups excluding carboxylic acids is 1. The Morgan fingerprint density at radius 1 is 1.07 bits per heavy atom. The van der Waals surface area contributed by atoms with Crippen LogP contribution >= 0.6 is 0 Å². The van der Waals surface area contributed by atoms with Crippen LogP contribution in [0.15, 0.2) is 48.5 Å². The molecule has 2 aromatic carbocycles. The lowest BCUT2D eigenvalue weighted by Crippen LogP contribution is -2.30. The third-order valence-corrected chi connectivity index (χ3v) is 5.49. The Morgan fingerprint density at radius 2 is 1.76 bits per heavy atom. The average molecular weight is 421 g/mol. The van der Waals surface area contributed by atoms with Crippen molar-refractivity contribution in [1.29, 1.82) is 0 Å². The van der Waals surface area contributed by atoms with Gasteiger partial charge in [0.15, 0.2) is 6.61 Å². The summed E-state index contributed by atoms with van der Waals surface area (Å²) >= 11 is 0. The summed E-state index contributed by atoms with van der Waals surface area (Å²) in [6.07, 6.45) is 2.74. The number of amides is 1. The Kier molecular flexibility index (Phi) is 8.33. The molecule has 0 radical (unpaired) electrons. The standard InChI is InChI=1S/C21H28N2O5S/c1-4-27-20-10-6-5-8-17(20)9-7-15-22-21(24)16-28-19-13-11-18(12-14-19)23(2)29(3,25)26/h5-6,8,10-14H,4,7,9,15-16H2,1-3H3,(H,22,24). The third kappa shape index (κ3) is 7.30. The average Bonchev–Trinajstić information content (AvgIpc) is 2.70. The quantitative estimate of drug-likeness (QED) is 0.565. The number of nitrogens with one attached hydrogen (secondary N) is 1. The molecular weight excluding hydrogens is 392 g/mol. The highest BCUT2D eigenvalue weighted by Crippen LogP contribution is 2.20. The topological polar surface area (TPSA) is 84.9 Å². The largest absolute Gasteiger partial charge is 0.494 e. The number of anilines is 1. The number of hydrogen-bond donors (Lipinski definition) is 1. The van der Waals surface area contributed by atoms with Crippen LogP contribution in [0.5, 0.6) is 11.5 Å². The fraction of sp³-hybridized carbons (Fsp3) is 0.381. The molecule has 1 N–H and O–H groups in total. The number of rotatable bonds is 11. The second kappa shape index (κ2) is 10.7. The van der Waals surface area contributed by atoms with E-state index in [-0.39, 0.29) is 12.5 Å². The number of benzene rings is 2. The fourth-order valence-corrected chi connectivity index (χ4v) is 3.16. The molecule has 0 aliphatic rings. The summed E-state index contributed by atoms with van der Waals surface area (Å²) in [7, 11) is -1.84. The molecule has 0 spiro atoms. The van der Waals surface area contributed by atoms with E-state index in [0.717, 1.165) is 30.4 Å². The molecule has 0 fully saturated rings. The first kappa shape index (κ1) is 22.5. The van der Waals surface area contributed by atoms with Crippen LogP contribution in [0.2, 0.25) is 0 Å². The molecule has 0 saturated carbocycles. The van der Waals surface area contributed by atoms with Gasteiger partial charge in [-0.25, -0.2) is 8.42 Å². The zero-order valence-electron chi connectivity index (χ0n) is 17.1. The first-order valence-corrected chi connectivity index (χ1v) is 11.3. The number of para-hydroxylation sites is 1. The molecule has 0 aromatic heterocycles. The minimum atomic E-state index is -3.31. The molecule has 7 nitrogen and oxygen atoms in total. The summed E-state index contributed by atoms with van der Waals surface area (Å²) in [5.41, 5.74) is 1.65. The number of ether oxygens (including phenoxy) is 2. The van der Waals surface area contributed by atoms with Crippen molar-refractivity contribution in [2.45, 2.75) is 19.8 Å². The van der Waals surface area contributed by atoms with Crippen molar-refractivity contribution in [2.24, 2.45) is 0 Å². The van der Waals surface area contributed by atoms with Crippen LogP contribution in [0.3, 0.4) is 0 Å². The van der Waals surface area contributed by atoms with Crippen molar-refractivity contribution in [3.8, 4) is 11.5 Å². The lowest BCUT2D eigenvalue weighted by Gasteiger charge is -2.16. The van der Waals surface area contributed by atoms with E-state index in [0.29, 0.717) is 24.6 Å². The molecule has 0 aliphatic carbocycles. The smallest absolute Gasteiger partial charge is 0.257 e. The molecule has 0 atom stereocenters. The van der Waals surface area contributed by atoms with Crippen LogP contribution < -0.4 is 19.1 Å². The number of sulfonamides is 1. The van der Waals surface area contributed by atoms with Gasteiger partial charge >= 0.3 is 0 Å². The van der Waals surface area contributed by atoms with Crippen LogP contribution in [-0.4, -0.2) is 47.4 Å². The third-order valence-electron chi connectivity index (χ3n) is 4.29. The van der Waals surface area contributed by atoms with E-state index in [4.69, 9.17) is 9.47 Å². The highest BCUT2D eigenvalue weighted by Gasteiger charge is 2.12. The maximum Gasteiger partial charge on any atom is 0.257 e. The van der Waals surface area contributed by atoms with Crippen LogP contribution in [0, 0.1) is 0 Å². The highest BCUT2D eigenvalue weighted by molar-refractivity contribution is 7.92. The number of hydrogen-bond acceptors (Lipinski definition) is 5. The van der Waals surface area contributed by atoms with Gasteiger partial charge in [0, 0.05) is 13.6 Å². The minimum absolute atomic E-state index is 0.100. The first-order valence-electron chi connectivity index (χ1n) is 9.45. The first-order chi connectivity index (χ1) is 13.8. The fourth-order valence-electron chi connectivity index (χ4n) is 2.66. The summed E-state index contributed by atoms with van der Waals surface area (Å²) in [4.78, 5) is 12.0. The number of carbonyl (C=O) groups is 1. The van der Waals surface area contributed by atoms with Crippen LogP contribution in [0.25, 0.3) is 0 Å². The summed E-state index contributed by atoms with van der Waals surface area (Å²) in [5, 5.41) is 2.83. The summed E-state index contributed by atoms with van der Waals surface area (Å²) in [6, 6.07) is 14.4. The van der Waals surface area contributed by atoms with Gasteiger partial charge < -0.3 is 14.8 Å². The Morgan fingerprint density at radius 3 is 2.41 bits per heavy atom. The Bertz CT molecular complexity index is 898. The second-order valence-electron chi connectivity index (χ2n) is 6.51. The van der Waals surface area contributed by atoms with Crippen molar-refractivity contribution >= 4 is 21.6 Å². The molecule has 0 aliphatic heterocycles. The Hall–Kier alpha value is -2.74. The lowest BCUT2D eigenvalue weighted by atomic mass is 10.1. The maximum atomic E-state index is 12.0. The van der Waals surface area contributed by atoms with Crippen molar-refractivity contribution in [1.82, 2.24) is 5.32 Å². The minimum Gasteiger partial charge on any atom is -0.494 e. The summed E-state index contributed by atoms with van der Waals surface area (Å²) in [6.45, 7) is 3.02. The van der Waals surface area contributed by atoms with Crippen molar-refractivity contribution in [3.05, 3.63) is 54.1 Å². The number of nitrogens with zero attached hydrogens (tertiary/aromatic N) is 1. The predicted octanol–water partition coefficient (Wildman–Crippen LogP) is 2.61.